The molecule has 0 aromatic heterocycles. The first-order valence-corrected chi connectivity index (χ1v) is 8.50. The molecule has 1 heterocycles. The largest absolute Gasteiger partial charge is 0.573 e. The molecular formula is C17H22F3N3O5. The lowest BCUT2D eigenvalue weighted by Crippen LogP contribution is -2.65. The van der Waals surface area contributed by atoms with E-state index in [-0.39, 0.29) is 18.3 Å². The Morgan fingerprint density at radius 3 is 2.54 bits per heavy atom. The van der Waals surface area contributed by atoms with Crippen molar-refractivity contribution in [3.63, 3.8) is 0 Å². The molecule has 0 radical (unpaired) electrons. The Morgan fingerprint density at radius 2 is 2.00 bits per heavy atom. The molecule has 8 nitrogen and oxygen atoms in total. The molecule has 1 aromatic rings. The molecule has 2 rings (SSSR count). The summed E-state index contributed by atoms with van der Waals surface area (Å²) in [6.45, 7) is 3.84. The molecule has 1 unspecified atom stereocenters. The van der Waals surface area contributed by atoms with Gasteiger partial charge in [-0.05, 0) is 24.6 Å². The van der Waals surface area contributed by atoms with E-state index in [1.165, 1.54) is 24.1 Å². The van der Waals surface area contributed by atoms with Gasteiger partial charge in [0.15, 0.2) is 0 Å². The van der Waals surface area contributed by atoms with Crippen molar-refractivity contribution in [2.24, 2.45) is 5.92 Å². The molecule has 1 fully saturated rings. The summed E-state index contributed by atoms with van der Waals surface area (Å²) in [6, 6.07) is 5.05. The number of ether oxygens (including phenoxy) is 1. The Bertz CT molecular complexity index is 700. The number of aldehydes is 1. The summed E-state index contributed by atoms with van der Waals surface area (Å²) in [5.41, 5.74) is -0.525. The summed E-state index contributed by atoms with van der Waals surface area (Å²) in [4.78, 5) is 23.1. The Kier molecular flexibility index (Phi) is 6.65. The van der Waals surface area contributed by atoms with E-state index in [4.69, 9.17) is 0 Å². The molecule has 3 atom stereocenters. The quantitative estimate of drug-likeness (QED) is 0.369. The van der Waals surface area contributed by atoms with Crippen molar-refractivity contribution in [2.75, 3.05) is 19.6 Å². The normalized spacial score (nSPS) is 23.0. The zero-order valence-electron chi connectivity index (χ0n) is 15.3. The van der Waals surface area contributed by atoms with Gasteiger partial charge in [0.05, 0.1) is 5.54 Å². The number of hydrogen-bond acceptors (Lipinski definition) is 7. The Hall–Kier alpha value is -2.21. The number of amides is 1. The first kappa shape index (κ1) is 22.1. The molecular weight excluding hydrogens is 383 g/mol. The van der Waals surface area contributed by atoms with Crippen LogP contribution >= 0.6 is 0 Å². The number of halogens is 3. The highest BCUT2D eigenvalue weighted by Gasteiger charge is 2.43. The Balaban J connectivity index is 2.27. The fourth-order valence-corrected chi connectivity index (χ4v) is 2.96. The number of carbonyl (C=O) groups excluding carboxylic acids is 2. The van der Waals surface area contributed by atoms with Gasteiger partial charge in [-0.2, -0.15) is 5.01 Å². The lowest BCUT2D eigenvalue weighted by atomic mass is 9.89. The summed E-state index contributed by atoms with van der Waals surface area (Å²) in [5.74, 6) is -2.50. The lowest BCUT2D eigenvalue weighted by molar-refractivity contribution is -0.278. The number of aliphatic hydroxyl groups excluding tert-OH is 1. The summed E-state index contributed by atoms with van der Waals surface area (Å²) in [5, 5.41) is 25.0. The van der Waals surface area contributed by atoms with Crippen LogP contribution in [0.15, 0.2) is 24.3 Å². The van der Waals surface area contributed by atoms with Crippen molar-refractivity contribution >= 4 is 12.2 Å². The average Bonchev–Trinajstić information content (AvgIpc) is 2.65. The van der Waals surface area contributed by atoms with Gasteiger partial charge < -0.3 is 20.0 Å². The van der Waals surface area contributed by atoms with Crippen molar-refractivity contribution in [1.82, 2.24) is 15.5 Å². The number of alkyl halides is 3. The van der Waals surface area contributed by atoms with Gasteiger partial charge in [-0.25, -0.2) is 0 Å². The number of hydrogen-bond donors (Lipinski definition) is 3. The van der Waals surface area contributed by atoms with Gasteiger partial charge in [0.1, 0.15) is 18.1 Å². The van der Waals surface area contributed by atoms with E-state index in [1.807, 2.05) is 0 Å². The van der Waals surface area contributed by atoms with Crippen molar-refractivity contribution in [2.45, 2.75) is 31.9 Å². The van der Waals surface area contributed by atoms with E-state index >= 15 is 0 Å². The highest BCUT2D eigenvalue weighted by molar-refractivity contribution is 5.82. The first-order valence-electron chi connectivity index (χ1n) is 8.50. The number of hydroxylamine groups is 1. The molecule has 1 aromatic carbocycles. The van der Waals surface area contributed by atoms with Crippen LogP contribution in [-0.2, 0) is 15.1 Å². The third-order valence-electron chi connectivity index (χ3n) is 4.64. The highest BCUT2D eigenvalue weighted by atomic mass is 19.4. The topological polar surface area (TPSA) is 102 Å². The van der Waals surface area contributed by atoms with E-state index in [0.29, 0.717) is 18.4 Å². The number of carbonyl (C=O) groups is 2. The molecule has 0 bridgehead atoms. The molecule has 1 amide bonds. The second-order valence-electron chi connectivity index (χ2n) is 6.71. The smallest absolute Gasteiger partial charge is 0.406 e. The van der Waals surface area contributed by atoms with Crippen molar-refractivity contribution in [1.29, 1.82) is 0 Å². The summed E-state index contributed by atoms with van der Waals surface area (Å²) >= 11 is 0. The number of rotatable bonds is 6. The lowest BCUT2D eigenvalue weighted by Gasteiger charge is -2.48. The highest BCUT2D eigenvalue weighted by Crippen LogP contribution is 2.33. The zero-order chi connectivity index (χ0) is 21.1. The zero-order valence-corrected chi connectivity index (χ0v) is 15.3. The molecule has 3 N–H and O–H groups in total. The van der Waals surface area contributed by atoms with Gasteiger partial charge in [-0.1, -0.05) is 19.1 Å². The SMILES string of the molecule is CC(C=O)[C@H](O)C(=O)N(O)N1CCNC[C@@]1(C)c1ccc(OC(F)(F)F)cc1. The minimum Gasteiger partial charge on any atom is -0.406 e. The van der Waals surface area contributed by atoms with E-state index in [9.17, 15) is 33.1 Å². The molecule has 1 aliphatic rings. The maximum atomic E-state index is 12.3. The molecule has 28 heavy (non-hydrogen) atoms. The van der Waals surface area contributed by atoms with E-state index < -0.39 is 35.6 Å². The predicted octanol–water partition coefficient (Wildman–Crippen LogP) is 1.03. The van der Waals surface area contributed by atoms with Crippen LogP contribution < -0.4 is 10.1 Å². The maximum Gasteiger partial charge on any atom is 0.573 e. The standard InChI is InChI=1S/C17H22F3N3O5/c1-11(9-24)14(25)15(26)23(27)22-8-7-21-10-16(22,2)12-3-5-13(6-4-12)28-17(18,19)20/h3-6,9,11,14,21,25,27H,7-8,10H2,1-2H3/t11?,14-,16-/m0/s1. The monoisotopic (exact) mass is 405 g/mol. The Morgan fingerprint density at radius 1 is 1.39 bits per heavy atom. The third-order valence-corrected chi connectivity index (χ3v) is 4.64. The number of hydrazine groups is 1. The maximum absolute atomic E-state index is 12.3. The molecule has 1 aliphatic heterocycles. The van der Waals surface area contributed by atoms with Crippen LogP contribution in [0.4, 0.5) is 13.2 Å². The number of aliphatic hydroxyl groups is 1. The Labute approximate surface area is 159 Å². The number of piperazine rings is 1. The molecule has 1 saturated heterocycles. The van der Waals surface area contributed by atoms with Crippen LogP contribution in [0.1, 0.15) is 19.4 Å². The molecule has 0 saturated carbocycles. The van der Waals surface area contributed by atoms with Gasteiger partial charge in [0, 0.05) is 25.6 Å². The van der Waals surface area contributed by atoms with Crippen LogP contribution in [0.2, 0.25) is 0 Å². The number of nitrogens with zero attached hydrogens (tertiary/aromatic N) is 2. The number of nitrogens with one attached hydrogen (secondary N) is 1. The van der Waals surface area contributed by atoms with E-state index in [0.717, 1.165) is 12.1 Å². The van der Waals surface area contributed by atoms with Crippen LogP contribution in [0.25, 0.3) is 0 Å². The average molecular weight is 405 g/mol. The van der Waals surface area contributed by atoms with Gasteiger partial charge in [-0.3, -0.25) is 10.0 Å². The second kappa shape index (κ2) is 8.43. The minimum absolute atomic E-state index is 0.168. The minimum atomic E-state index is -4.82. The summed E-state index contributed by atoms with van der Waals surface area (Å²) in [7, 11) is 0. The van der Waals surface area contributed by atoms with Crippen molar-refractivity contribution in [3.8, 4) is 5.75 Å². The molecule has 0 aliphatic carbocycles. The molecule has 0 spiro atoms. The van der Waals surface area contributed by atoms with Crippen molar-refractivity contribution in [3.05, 3.63) is 29.8 Å². The van der Waals surface area contributed by atoms with Gasteiger partial charge >= 0.3 is 6.36 Å². The number of benzene rings is 1. The third kappa shape index (κ3) is 4.79. The molecule has 11 heteroatoms. The predicted molar refractivity (Wildman–Crippen MR) is 89.9 cm³/mol. The van der Waals surface area contributed by atoms with Gasteiger partial charge in [0.2, 0.25) is 0 Å². The van der Waals surface area contributed by atoms with Crippen LogP contribution in [-0.4, -0.2) is 64.8 Å². The van der Waals surface area contributed by atoms with Crippen molar-refractivity contribution < 1.29 is 37.8 Å². The van der Waals surface area contributed by atoms with Crippen LogP contribution in [0.5, 0.6) is 5.75 Å². The fraction of sp³-hybridized carbons (Fsp3) is 0.529. The summed E-state index contributed by atoms with van der Waals surface area (Å²) in [6.07, 6.45) is -6.15. The van der Waals surface area contributed by atoms with Crippen LogP contribution in [0.3, 0.4) is 0 Å². The van der Waals surface area contributed by atoms with E-state index in [1.54, 1.807) is 6.92 Å². The van der Waals surface area contributed by atoms with Crippen LogP contribution in [0, 0.1) is 5.92 Å². The fourth-order valence-electron chi connectivity index (χ4n) is 2.96. The first-order chi connectivity index (χ1) is 13.0. The van der Waals surface area contributed by atoms with Gasteiger partial charge in [0.25, 0.3) is 5.91 Å². The molecule has 156 valence electrons. The second-order valence-corrected chi connectivity index (χ2v) is 6.71. The summed E-state index contributed by atoms with van der Waals surface area (Å²) < 4.78 is 40.8. The van der Waals surface area contributed by atoms with Gasteiger partial charge in [-0.15, -0.1) is 18.3 Å². The van der Waals surface area contributed by atoms with E-state index in [2.05, 4.69) is 10.1 Å².